The van der Waals surface area contributed by atoms with Gasteiger partial charge in [0.15, 0.2) is 5.82 Å². The first-order valence-corrected chi connectivity index (χ1v) is 5.64. The Balaban J connectivity index is 2.26. The largest absolute Gasteiger partial charge is 0.339 e. The molecule has 0 radical (unpaired) electrons. The van der Waals surface area contributed by atoms with Crippen molar-refractivity contribution in [2.24, 2.45) is 5.73 Å². The molecule has 1 atom stereocenters. The molecule has 0 saturated heterocycles. The number of aromatic nitrogens is 2. The Bertz CT molecular complexity index is 522. The van der Waals surface area contributed by atoms with Gasteiger partial charge in [0.25, 0.3) is 0 Å². The molecule has 1 aromatic heterocycles. The summed E-state index contributed by atoms with van der Waals surface area (Å²) in [4.78, 5) is 4.09. The van der Waals surface area contributed by atoms with Crippen LogP contribution in [0.4, 0.5) is 8.78 Å². The second-order valence-electron chi connectivity index (χ2n) is 3.98. The highest BCUT2D eigenvalue weighted by atomic mass is 19.1. The summed E-state index contributed by atoms with van der Waals surface area (Å²) in [5, 5.41) is 3.71. The van der Waals surface area contributed by atoms with Gasteiger partial charge in [0.1, 0.15) is 11.6 Å². The van der Waals surface area contributed by atoms with Crippen molar-refractivity contribution in [2.45, 2.75) is 25.8 Å². The van der Waals surface area contributed by atoms with Gasteiger partial charge in [0.2, 0.25) is 5.89 Å². The number of benzene rings is 1. The minimum absolute atomic E-state index is 0.225. The van der Waals surface area contributed by atoms with Crippen LogP contribution in [0.1, 0.15) is 36.7 Å². The summed E-state index contributed by atoms with van der Waals surface area (Å²) < 4.78 is 31.1. The van der Waals surface area contributed by atoms with Crippen molar-refractivity contribution in [3.63, 3.8) is 0 Å². The SMILES string of the molecule is CCCc1nc(C(N)c2cc(F)cc(F)c2)no1. The molecule has 0 aliphatic rings. The van der Waals surface area contributed by atoms with E-state index < -0.39 is 17.7 Å². The van der Waals surface area contributed by atoms with Crippen LogP contribution in [0.5, 0.6) is 0 Å². The summed E-state index contributed by atoms with van der Waals surface area (Å²) in [7, 11) is 0. The smallest absolute Gasteiger partial charge is 0.226 e. The predicted octanol–water partition coefficient (Wildman–Crippen LogP) is 2.35. The van der Waals surface area contributed by atoms with Gasteiger partial charge in [-0.2, -0.15) is 4.98 Å². The lowest BCUT2D eigenvalue weighted by Gasteiger charge is -2.07. The number of aryl methyl sites for hydroxylation is 1. The van der Waals surface area contributed by atoms with E-state index in [0.717, 1.165) is 24.6 Å². The third-order valence-electron chi connectivity index (χ3n) is 2.47. The Morgan fingerprint density at radius 3 is 2.56 bits per heavy atom. The Kier molecular flexibility index (Phi) is 3.66. The summed E-state index contributed by atoms with van der Waals surface area (Å²) in [5.74, 6) is -0.668. The summed E-state index contributed by atoms with van der Waals surface area (Å²) >= 11 is 0. The van der Waals surface area contributed by atoms with Crippen molar-refractivity contribution in [3.8, 4) is 0 Å². The van der Waals surface area contributed by atoms with Gasteiger partial charge in [-0.1, -0.05) is 12.1 Å². The van der Waals surface area contributed by atoms with E-state index in [1.807, 2.05) is 6.92 Å². The average Bonchev–Trinajstić information content (AvgIpc) is 2.76. The Morgan fingerprint density at radius 1 is 1.28 bits per heavy atom. The predicted molar refractivity (Wildman–Crippen MR) is 60.7 cm³/mol. The molecule has 1 aromatic carbocycles. The number of hydrogen-bond donors (Lipinski definition) is 1. The topological polar surface area (TPSA) is 64.9 Å². The molecule has 0 spiro atoms. The van der Waals surface area contributed by atoms with Crippen LogP contribution in [0.2, 0.25) is 0 Å². The van der Waals surface area contributed by atoms with Crippen LogP contribution in [0.3, 0.4) is 0 Å². The zero-order chi connectivity index (χ0) is 13.1. The summed E-state index contributed by atoms with van der Waals surface area (Å²) in [6, 6.07) is 2.30. The number of nitrogens with zero attached hydrogens (tertiary/aromatic N) is 2. The molecule has 0 bridgehead atoms. The maximum Gasteiger partial charge on any atom is 0.226 e. The first kappa shape index (κ1) is 12.6. The second-order valence-corrected chi connectivity index (χ2v) is 3.98. The van der Waals surface area contributed by atoms with E-state index in [9.17, 15) is 8.78 Å². The van der Waals surface area contributed by atoms with Gasteiger partial charge >= 0.3 is 0 Å². The molecule has 0 aliphatic carbocycles. The van der Waals surface area contributed by atoms with Gasteiger partial charge in [-0.05, 0) is 24.1 Å². The first-order chi connectivity index (χ1) is 8.60. The van der Waals surface area contributed by atoms with Crippen LogP contribution < -0.4 is 5.73 Å². The summed E-state index contributed by atoms with van der Waals surface area (Å²) in [6.45, 7) is 1.98. The van der Waals surface area contributed by atoms with Crippen molar-refractivity contribution in [1.29, 1.82) is 0 Å². The second kappa shape index (κ2) is 5.22. The molecule has 2 rings (SSSR count). The van der Waals surface area contributed by atoms with Crippen molar-refractivity contribution >= 4 is 0 Å². The highest BCUT2D eigenvalue weighted by Gasteiger charge is 2.17. The standard InChI is InChI=1S/C12H13F2N3O/c1-2-3-10-16-12(17-18-10)11(15)7-4-8(13)6-9(14)5-7/h4-6,11H,2-3,15H2,1H3. The lowest BCUT2D eigenvalue weighted by Crippen LogP contribution is -2.14. The van der Waals surface area contributed by atoms with E-state index in [0.29, 0.717) is 12.3 Å². The van der Waals surface area contributed by atoms with E-state index in [2.05, 4.69) is 10.1 Å². The maximum atomic E-state index is 13.1. The van der Waals surface area contributed by atoms with Crippen LogP contribution in [0.15, 0.2) is 22.7 Å². The van der Waals surface area contributed by atoms with Gasteiger partial charge in [-0.3, -0.25) is 0 Å². The monoisotopic (exact) mass is 253 g/mol. The van der Waals surface area contributed by atoms with Gasteiger partial charge in [-0.25, -0.2) is 8.78 Å². The quantitative estimate of drug-likeness (QED) is 0.908. The van der Waals surface area contributed by atoms with Crippen molar-refractivity contribution in [2.75, 3.05) is 0 Å². The summed E-state index contributed by atoms with van der Waals surface area (Å²) in [5.41, 5.74) is 6.12. The normalized spacial score (nSPS) is 12.7. The third-order valence-corrected chi connectivity index (χ3v) is 2.47. The van der Waals surface area contributed by atoms with Crippen molar-refractivity contribution in [1.82, 2.24) is 10.1 Å². The lowest BCUT2D eigenvalue weighted by atomic mass is 10.1. The number of halogens is 2. The molecular formula is C12H13F2N3O. The number of rotatable bonds is 4. The van der Waals surface area contributed by atoms with Gasteiger partial charge < -0.3 is 10.3 Å². The zero-order valence-electron chi connectivity index (χ0n) is 9.86. The van der Waals surface area contributed by atoms with Crippen LogP contribution in [0, 0.1) is 11.6 Å². The Hall–Kier alpha value is -1.82. The molecule has 4 nitrogen and oxygen atoms in total. The van der Waals surface area contributed by atoms with Crippen LogP contribution in [-0.4, -0.2) is 10.1 Å². The van der Waals surface area contributed by atoms with E-state index in [4.69, 9.17) is 10.3 Å². The molecule has 0 saturated carbocycles. The molecule has 1 heterocycles. The molecule has 96 valence electrons. The minimum atomic E-state index is -0.801. The lowest BCUT2D eigenvalue weighted by molar-refractivity contribution is 0.370. The highest BCUT2D eigenvalue weighted by molar-refractivity contribution is 5.25. The van der Waals surface area contributed by atoms with Gasteiger partial charge in [0, 0.05) is 12.5 Å². The molecule has 6 heteroatoms. The van der Waals surface area contributed by atoms with E-state index in [-0.39, 0.29) is 11.4 Å². The molecular weight excluding hydrogens is 240 g/mol. The van der Waals surface area contributed by atoms with Gasteiger partial charge in [0.05, 0.1) is 6.04 Å². The molecule has 0 fully saturated rings. The van der Waals surface area contributed by atoms with Gasteiger partial charge in [-0.15, -0.1) is 0 Å². The van der Waals surface area contributed by atoms with Crippen LogP contribution in [0.25, 0.3) is 0 Å². The van der Waals surface area contributed by atoms with E-state index in [1.54, 1.807) is 0 Å². The fraction of sp³-hybridized carbons (Fsp3) is 0.333. The average molecular weight is 253 g/mol. The van der Waals surface area contributed by atoms with E-state index in [1.165, 1.54) is 0 Å². The Morgan fingerprint density at radius 2 is 1.94 bits per heavy atom. The zero-order valence-corrected chi connectivity index (χ0v) is 9.86. The van der Waals surface area contributed by atoms with E-state index >= 15 is 0 Å². The minimum Gasteiger partial charge on any atom is -0.339 e. The van der Waals surface area contributed by atoms with Crippen molar-refractivity contribution in [3.05, 3.63) is 47.1 Å². The fourth-order valence-electron chi connectivity index (χ4n) is 1.61. The molecule has 18 heavy (non-hydrogen) atoms. The van der Waals surface area contributed by atoms with Crippen LogP contribution in [-0.2, 0) is 6.42 Å². The summed E-state index contributed by atoms with van der Waals surface area (Å²) in [6.07, 6.45) is 1.52. The number of nitrogens with two attached hydrogens (primary N) is 1. The van der Waals surface area contributed by atoms with Crippen LogP contribution >= 0.6 is 0 Å². The molecule has 0 aliphatic heterocycles. The first-order valence-electron chi connectivity index (χ1n) is 5.64. The Labute approximate surface area is 103 Å². The maximum absolute atomic E-state index is 13.1. The molecule has 1 unspecified atom stereocenters. The third kappa shape index (κ3) is 2.70. The highest BCUT2D eigenvalue weighted by Crippen LogP contribution is 2.19. The molecule has 0 amide bonds. The van der Waals surface area contributed by atoms with Crippen molar-refractivity contribution < 1.29 is 13.3 Å². The number of hydrogen-bond acceptors (Lipinski definition) is 4. The molecule has 2 N–H and O–H groups in total. The molecule has 2 aromatic rings. The fourth-order valence-corrected chi connectivity index (χ4v) is 1.61.